The lowest BCUT2D eigenvalue weighted by Crippen LogP contribution is -2.21. The summed E-state index contributed by atoms with van der Waals surface area (Å²) in [6.45, 7) is 5.00. The van der Waals surface area contributed by atoms with Gasteiger partial charge in [-0.25, -0.2) is 0 Å². The average molecular weight is 361 g/mol. The molecule has 0 saturated carbocycles. The Morgan fingerprint density at radius 3 is 2.10 bits per heavy atom. The molecule has 0 aliphatic heterocycles. The summed E-state index contributed by atoms with van der Waals surface area (Å²) in [5.74, 6) is 0. The quantitative estimate of drug-likeness (QED) is 0.672. The molecular weight excluding hydrogens is 345 g/mol. The zero-order valence-electron chi connectivity index (χ0n) is 11.8. The maximum Gasteiger partial charge on any atom is 0.0603 e. The molecule has 21 heavy (non-hydrogen) atoms. The van der Waals surface area contributed by atoms with Crippen molar-refractivity contribution in [3.05, 3.63) is 57.0 Å². The van der Waals surface area contributed by atoms with Crippen LogP contribution in [0.4, 0.5) is 0 Å². The molecular formula is C16H16Cl3NS. The van der Waals surface area contributed by atoms with Crippen LogP contribution in [0.25, 0.3) is 0 Å². The van der Waals surface area contributed by atoms with Crippen LogP contribution in [-0.2, 0) is 6.54 Å². The summed E-state index contributed by atoms with van der Waals surface area (Å²) in [5.41, 5.74) is 1.10. The average Bonchev–Trinajstić information content (AvgIpc) is 2.42. The van der Waals surface area contributed by atoms with E-state index in [0.717, 1.165) is 26.9 Å². The van der Waals surface area contributed by atoms with Gasteiger partial charge in [0.1, 0.15) is 0 Å². The predicted octanol–water partition coefficient (Wildman–Crippen LogP) is 6.30. The number of rotatable bonds is 5. The van der Waals surface area contributed by atoms with Crippen LogP contribution in [0.3, 0.4) is 0 Å². The van der Waals surface area contributed by atoms with Crippen molar-refractivity contribution in [2.24, 2.45) is 0 Å². The zero-order chi connectivity index (χ0) is 15.4. The summed E-state index contributed by atoms with van der Waals surface area (Å²) in [6, 6.07) is 12.1. The zero-order valence-corrected chi connectivity index (χ0v) is 14.9. The van der Waals surface area contributed by atoms with Gasteiger partial charge in [-0.05, 0) is 35.9 Å². The molecule has 0 bridgehead atoms. The third-order valence-electron chi connectivity index (χ3n) is 2.85. The smallest absolute Gasteiger partial charge is 0.0603 e. The van der Waals surface area contributed by atoms with E-state index in [1.165, 1.54) is 0 Å². The summed E-state index contributed by atoms with van der Waals surface area (Å²) in [4.78, 5) is 2.11. The molecule has 0 aliphatic carbocycles. The Labute approximate surface area is 145 Å². The van der Waals surface area contributed by atoms with Crippen molar-refractivity contribution in [1.82, 2.24) is 5.32 Å². The fourth-order valence-electron chi connectivity index (χ4n) is 1.73. The molecule has 5 heteroatoms. The minimum Gasteiger partial charge on any atom is -0.310 e. The summed E-state index contributed by atoms with van der Waals surface area (Å²) in [7, 11) is 0. The van der Waals surface area contributed by atoms with Gasteiger partial charge < -0.3 is 5.32 Å². The van der Waals surface area contributed by atoms with E-state index in [1.807, 2.05) is 18.2 Å². The monoisotopic (exact) mass is 359 g/mol. The predicted molar refractivity (Wildman–Crippen MR) is 94.0 cm³/mol. The fourth-order valence-corrected chi connectivity index (χ4v) is 3.30. The number of halogens is 3. The first-order valence-corrected chi connectivity index (χ1v) is 8.55. The van der Waals surface area contributed by atoms with Gasteiger partial charge in [-0.3, -0.25) is 0 Å². The number of hydrogen-bond donors (Lipinski definition) is 1. The van der Waals surface area contributed by atoms with E-state index in [9.17, 15) is 0 Å². The highest BCUT2D eigenvalue weighted by Gasteiger charge is 2.06. The van der Waals surface area contributed by atoms with Crippen molar-refractivity contribution in [3.8, 4) is 0 Å². The van der Waals surface area contributed by atoms with Crippen LogP contribution in [0.5, 0.6) is 0 Å². The van der Waals surface area contributed by atoms with Crippen molar-refractivity contribution in [2.45, 2.75) is 36.2 Å². The van der Waals surface area contributed by atoms with Crippen LogP contribution in [0.15, 0.2) is 46.2 Å². The van der Waals surface area contributed by atoms with Gasteiger partial charge in [0.05, 0.1) is 10.0 Å². The van der Waals surface area contributed by atoms with E-state index in [-0.39, 0.29) is 0 Å². The molecule has 2 aromatic carbocycles. The second kappa shape index (κ2) is 7.75. The molecule has 2 rings (SSSR count). The molecule has 1 N–H and O–H groups in total. The van der Waals surface area contributed by atoms with Gasteiger partial charge in [-0.1, -0.05) is 66.5 Å². The van der Waals surface area contributed by atoms with E-state index in [2.05, 4.69) is 31.3 Å². The summed E-state index contributed by atoms with van der Waals surface area (Å²) in [6.07, 6.45) is 0. The molecule has 0 aliphatic rings. The first-order valence-electron chi connectivity index (χ1n) is 6.60. The molecule has 0 unspecified atom stereocenters. The standard InChI is InChI=1S/C16H16Cl3NS/c1-10(2)20-9-11-3-4-12(7-15(11)18)21-13-5-6-14(17)16(19)8-13/h3-8,10,20H,9H2,1-2H3. The molecule has 0 atom stereocenters. The maximum absolute atomic E-state index is 6.34. The van der Waals surface area contributed by atoms with Crippen molar-refractivity contribution in [3.63, 3.8) is 0 Å². The number of nitrogens with one attached hydrogen (secondary N) is 1. The largest absolute Gasteiger partial charge is 0.310 e. The fraction of sp³-hybridized carbons (Fsp3) is 0.250. The minimum atomic E-state index is 0.436. The number of benzene rings is 2. The van der Waals surface area contributed by atoms with E-state index >= 15 is 0 Å². The van der Waals surface area contributed by atoms with Crippen LogP contribution in [-0.4, -0.2) is 6.04 Å². The minimum absolute atomic E-state index is 0.436. The molecule has 0 aromatic heterocycles. The summed E-state index contributed by atoms with van der Waals surface area (Å²) < 4.78 is 0. The lowest BCUT2D eigenvalue weighted by Gasteiger charge is -2.11. The maximum atomic E-state index is 6.34. The highest BCUT2D eigenvalue weighted by atomic mass is 35.5. The Balaban J connectivity index is 2.10. The molecule has 0 heterocycles. The van der Waals surface area contributed by atoms with Crippen molar-refractivity contribution >= 4 is 46.6 Å². The Hall–Kier alpha value is -0.380. The van der Waals surface area contributed by atoms with Crippen molar-refractivity contribution in [2.75, 3.05) is 0 Å². The topological polar surface area (TPSA) is 12.0 Å². The van der Waals surface area contributed by atoms with Gasteiger partial charge in [0.25, 0.3) is 0 Å². The third kappa shape index (κ3) is 5.08. The van der Waals surface area contributed by atoms with Crippen LogP contribution in [0.2, 0.25) is 15.1 Å². The normalized spacial score (nSPS) is 11.1. The Bertz CT molecular complexity index is 629. The van der Waals surface area contributed by atoms with Gasteiger partial charge >= 0.3 is 0 Å². The molecule has 0 radical (unpaired) electrons. The molecule has 1 nitrogen and oxygen atoms in total. The Morgan fingerprint density at radius 2 is 1.52 bits per heavy atom. The van der Waals surface area contributed by atoms with Gasteiger partial charge in [0, 0.05) is 27.4 Å². The second-order valence-electron chi connectivity index (χ2n) is 4.97. The highest BCUT2D eigenvalue weighted by molar-refractivity contribution is 7.99. The SMILES string of the molecule is CC(C)NCc1ccc(Sc2ccc(Cl)c(Cl)c2)cc1Cl. The van der Waals surface area contributed by atoms with Gasteiger partial charge in [0.15, 0.2) is 0 Å². The lowest BCUT2D eigenvalue weighted by molar-refractivity contribution is 0.589. The van der Waals surface area contributed by atoms with Crippen LogP contribution in [0, 0.1) is 0 Å². The van der Waals surface area contributed by atoms with Crippen molar-refractivity contribution < 1.29 is 0 Å². The molecule has 0 fully saturated rings. The van der Waals surface area contributed by atoms with E-state index in [4.69, 9.17) is 34.8 Å². The Kier molecular flexibility index (Phi) is 6.27. The van der Waals surface area contributed by atoms with Crippen molar-refractivity contribution in [1.29, 1.82) is 0 Å². The first kappa shape index (κ1) is 17.0. The second-order valence-corrected chi connectivity index (χ2v) is 7.34. The summed E-state index contributed by atoms with van der Waals surface area (Å²) in [5, 5.41) is 5.26. The van der Waals surface area contributed by atoms with E-state index < -0.39 is 0 Å². The summed E-state index contributed by atoms with van der Waals surface area (Å²) >= 11 is 19.9. The molecule has 112 valence electrons. The van der Waals surface area contributed by atoms with E-state index in [0.29, 0.717) is 16.1 Å². The molecule has 0 amide bonds. The molecule has 0 saturated heterocycles. The molecule has 2 aromatic rings. The first-order chi connectivity index (χ1) is 9.95. The lowest BCUT2D eigenvalue weighted by atomic mass is 10.2. The highest BCUT2D eigenvalue weighted by Crippen LogP contribution is 2.34. The molecule has 0 spiro atoms. The third-order valence-corrected chi connectivity index (χ3v) is 4.92. The number of hydrogen-bond acceptors (Lipinski definition) is 2. The van der Waals surface area contributed by atoms with Crippen LogP contribution < -0.4 is 5.32 Å². The van der Waals surface area contributed by atoms with Crippen LogP contribution >= 0.6 is 46.6 Å². The van der Waals surface area contributed by atoms with Gasteiger partial charge in [-0.15, -0.1) is 0 Å². The van der Waals surface area contributed by atoms with Gasteiger partial charge in [-0.2, -0.15) is 0 Å². The van der Waals surface area contributed by atoms with Crippen LogP contribution in [0.1, 0.15) is 19.4 Å². The van der Waals surface area contributed by atoms with E-state index in [1.54, 1.807) is 17.8 Å². The Morgan fingerprint density at radius 1 is 0.905 bits per heavy atom. The van der Waals surface area contributed by atoms with Gasteiger partial charge in [0.2, 0.25) is 0 Å².